The van der Waals surface area contributed by atoms with Gasteiger partial charge in [0.25, 0.3) is 0 Å². The molecule has 2 aromatic carbocycles. The molecule has 1 aliphatic rings. The van der Waals surface area contributed by atoms with Crippen molar-refractivity contribution in [3.05, 3.63) is 70.5 Å². The molecule has 182 valence electrons. The highest BCUT2D eigenvalue weighted by atomic mass is 127. The third kappa shape index (κ3) is 9.19. The summed E-state index contributed by atoms with van der Waals surface area (Å²) in [5.41, 5.74) is 4.27. The van der Waals surface area contributed by atoms with E-state index in [-0.39, 0.29) is 29.8 Å². The largest absolute Gasteiger partial charge is 0.379 e. The van der Waals surface area contributed by atoms with E-state index in [0.717, 1.165) is 50.9 Å². The lowest BCUT2D eigenvalue weighted by molar-refractivity contribution is 0.0341. The zero-order chi connectivity index (χ0) is 22.8. The van der Waals surface area contributed by atoms with Crippen molar-refractivity contribution in [2.45, 2.75) is 33.1 Å². The summed E-state index contributed by atoms with van der Waals surface area (Å²) in [6.45, 7) is 9.06. The van der Waals surface area contributed by atoms with E-state index < -0.39 is 0 Å². The molecule has 0 radical (unpaired) electrons. The Morgan fingerprint density at radius 3 is 2.48 bits per heavy atom. The van der Waals surface area contributed by atoms with Gasteiger partial charge in [-0.15, -0.1) is 24.0 Å². The van der Waals surface area contributed by atoms with Gasteiger partial charge in [0.2, 0.25) is 0 Å². The molecule has 0 bridgehead atoms. The molecule has 1 saturated heterocycles. The van der Waals surface area contributed by atoms with Crippen molar-refractivity contribution in [2.24, 2.45) is 4.99 Å². The van der Waals surface area contributed by atoms with E-state index in [1.807, 2.05) is 25.1 Å². The Morgan fingerprint density at radius 1 is 1.06 bits per heavy atom. The van der Waals surface area contributed by atoms with Crippen LogP contribution in [0.5, 0.6) is 0 Å². The fraction of sp³-hybridized carbons (Fsp3) is 0.480. The Bertz CT molecular complexity index is 887. The summed E-state index contributed by atoms with van der Waals surface area (Å²) in [7, 11) is 3.88. The van der Waals surface area contributed by atoms with E-state index in [1.54, 1.807) is 6.07 Å². The monoisotopic (exact) mass is 569 g/mol. The van der Waals surface area contributed by atoms with Crippen LogP contribution in [0, 0.1) is 5.82 Å². The Hall–Kier alpha value is -1.75. The molecule has 0 saturated carbocycles. The number of nitrogens with one attached hydrogen (secondary N) is 2. The molecule has 0 atom stereocenters. The predicted octanol–water partition coefficient (Wildman–Crippen LogP) is 3.59. The van der Waals surface area contributed by atoms with Crippen LogP contribution < -0.4 is 10.6 Å². The van der Waals surface area contributed by atoms with Crippen LogP contribution in [0.2, 0.25) is 0 Å². The Balaban J connectivity index is 0.00000385. The van der Waals surface area contributed by atoms with Crippen LogP contribution in [-0.4, -0.2) is 62.7 Å². The molecule has 0 aromatic heterocycles. The normalized spacial score (nSPS) is 14.8. The number of hydrogen-bond acceptors (Lipinski definition) is 4. The van der Waals surface area contributed by atoms with Gasteiger partial charge in [-0.3, -0.25) is 4.90 Å². The van der Waals surface area contributed by atoms with Gasteiger partial charge < -0.3 is 20.3 Å². The third-order valence-electron chi connectivity index (χ3n) is 5.42. The molecule has 33 heavy (non-hydrogen) atoms. The average molecular weight is 570 g/mol. The molecular weight excluding hydrogens is 532 g/mol. The van der Waals surface area contributed by atoms with Crippen LogP contribution in [0.3, 0.4) is 0 Å². The average Bonchev–Trinajstić information content (AvgIpc) is 2.79. The summed E-state index contributed by atoms with van der Waals surface area (Å²) in [5, 5.41) is 6.77. The lowest BCUT2D eigenvalue weighted by Crippen LogP contribution is -2.38. The van der Waals surface area contributed by atoms with Gasteiger partial charge in [0, 0.05) is 44.8 Å². The standard InChI is InChI=1S/C25H36FN5O.HI/c1-4-27-25(28-16-20-9-10-24(26)23(15-20)18-30(2)3)29-17-21-7-5-6-8-22(21)19-31-11-13-32-14-12-31;/h5-10,15H,4,11-14,16-19H2,1-3H3,(H2,27,28,29);1H. The second kappa shape index (κ2) is 14.5. The van der Waals surface area contributed by atoms with Crippen LogP contribution >= 0.6 is 24.0 Å². The zero-order valence-corrected chi connectivity index (χ0v) is 22.3. The molecule has 0 amide bonds. The summed E-state index contributed by atoms with van der Waals surface area (Å²) in [4.78, 5) is 9.12. The Morgan fingerprint density at radius 2 is 1.79 bits per heavy atom. The first-order chi connectivity index (χ1) is 15.5. The van der Waals surface area contributed by atoms with Crippen molar-refractivity contribution < 1.29 is 9.13 Å². The highest BCUT2D eigenvalue weighted by Gasteiger charge is 2.13. The molecule has 0 spiro atoms. The SMILES string of the molecule is CCNC(=NCc1ccc(F)c(CN(C)C)c1)NCc1ccccc1CN1CCOCC1.I. The minimum absolute atomic E-state index is 0. The Kier molecular flexibility index (Phi) is 12.1. The van der Waals surface area contributed by atoms with Gasteiger partial charge in [0.05, 0.1) is 19.8 Å². The quantitative estimate of drug-likeness (QED) is 0.275. The maximum Gasteiger partial charge on any atom is 0.191 e. The molecule has 0 aliphatic carbocycles. The van der Waals surface area contributed by atoms with Crippen molar-refractivity contribution in [3.8, 4) is 0 Å². The topological polar surface area (TPSA) is 52.1 Å². The molecule has 2 aromatic rings. The number of nitrogens with zero attached hydrogens (tertiary/aromatic N) is 3. The van der Waals surface area contributed by atoms with Gasteiger partial charge in [-0.05, 0) is 49.8 Å². The molecule has 2 N–H and O–H groups in total. The number of hydrogen-bond donors (Lipinski definition) is 2. The van der Waals surface area contributed by atoms with Crippen LogP contribution in [-0.2, 0) is 30.9 Å². The van der Waals surface area contributed by atoms with Crippen LogP contribution in [0.4, 0.5) is 4.39 Å². The molecule has 1 fully saturated rings. The van der Waals surface area contributed by atoms with Crippen molar-refractivity contribution in [2.75, 3.05) is 46.9 Å². The molecule has 0 unspecified atom stereocenters. The Labute approximate surface area is 214 Å². The molecule has 8 heteroatoms. The van der Waals surface area contributed by atoms with Gasteiger partial charge in [-0.1, -0.05) is 30.3 Å². The van der Waals surface area contributed by atoms with Crippen molar-refractivity contribution >= 4 is 29.9 Å². The highest BCUT2D eigenvalue weighted by Crippen LogP contribution is 2.14. The fourth-order valence-corrected chi connectivity index (χ4v) is 3.76. The number of ether oxygens (including phenoxy) is 1. The molecule has 1 heterocycles. The van der Waals surface area contributed by atoms with Gasteiger partial charge in [0.1, 0.15) is 5.82 Å². The first-order valence-electron chi connectivity index (χ1n) is 11.4. The molecule has 3 rings (SSSR count). The van der Waals surface area contributed by atoms with Gasteiger partial charge in [-0.25, -0.2) is 9.38 Å². The maximum absolute atomic E-state index is 14.1. The van der Waals surface area contributed by atoms with Crippen LogP contribution in [0.1, 0.15) is 29.2 Å². The summed E-state index contributed by atoms with van der Waals surface area (Å²) in [6, 6.07) is 13.8. The number of rotatable bonds is 9. The van der Waals surface area contributed by atoms with E-state index >= 15 is 0 Å². The molecule has 6 nitrogen and oxygen atoms in total. The highest BCUT2D eigenvalue weighted by molar-refractivity contribution is 14.0. The summed E-state index contributed by atoms with van der Waals surface area (Å²) < 4.78 is 19.5. The number of guanidine groups is 1. The van der Waals surface area contributed by atoms with Crippen molar-refractivity contribution in [1.29, 1.82) is 0 Å². The molecule has 1 aliphatic heterocycles. The van der Waals surface area contributed by atoms with E-state index in [1.165, 1.54) is 17.2 Å². The maximum atomic E-state index is 14.1. The summed E-state index contributed by atoms with van der Waals surface area (Å²) in [5.74, 6) is 0.584. The second-order valence-corrected chi connectivity index (χ2v) is 8.37. The number of aliphatic imine (C=N–C) groups is 1. The molecular formula is C25H37FIN5O. The zero-order valence-electron chi connectivity index (χ0n) is 19.9. The van der Waals surface area contributed by atoms with Gasteiger partial charge in [0.15, 0.2) is 5.96 Å². The fourth-order valence-electron chi connectivity index (χ4n) is 3.76. The smallest absolute Gasteiger partial charge is 0.191 e. The van der Waals surface area contributed by atoms with E-state index in [9.17, 15) is 4.39 Å². The minimum atomic E-state index is -0.173. The number of benzene rings is 2. The first-order valence-corrected chi connectivity index (χ1v) is 11.4. The predicted molar refractivity (Wildman–Crippen MR) is 143 cm³/mol. The minimum Gasteiger partial charge on any atom is -0.379 e. The van der Waals surface area contributed by atoms with Crippen molar-refractivity contribution in [3.63, 3.8) is 0 Å². The van der Waals surface area contributed by atoms with Gasteiger partial charge >= 0.3 is 0 Å². The van der Waals surface area contributed by atoms with E-state index in [4.69, 9.17) is 9.73 Å². The van der Waals surface area contributed by atoms with E-state index in [2.05, 4.69) is 46.7 Å². The van der Waals surface area contributed by atoms with Crippen LogP contribution in [0.25, 0.3) is 0 Å². The number of morpholine rings is 1. The van der Waals surface area contributed by atoms with Crippen molar-refractivity contribution in [1.82, 2.24) is 20.4 Å². The first kappa shape index (κ1) is 27.5. The number of halogens is 2. The summed E-state index contributed by atoms with van der Waals surface area (Å²) >= 11 is 0. The lowest BCUT2D eigenvalue weighted by Gasteiger charge is -2.27. The van der Waals surface area contributed by atoms with E-state index in [0.29, 0.717) is 25.2 Å². The van der Waals surface area contributed by atoms with Crippen LogP contribution in [0.15, 0.2) is 47.5 Å². The lowest BCUT2D eigenvalue weighted by atomic mass is 10.1. The second-order valence-electron chi connectivity index (χ2n) is 8.37. The third-order valence-corrected chi connectivity index (χ3v) is 5.42. The van der Waals surface area contributed by atoms with Gasteiger partial charge in [-0.2, -0.15) is 0 Å². The summed E-state index contributed by atoms with van der Waals surface area (Å²) in [6.07, 6.45) is 0.